The lowest BCUT2D eigenvalue weighted by Gasteiger charge is -2.13. The third-order valence-electron chi connectivity index (χ3n) is 2.97. The number of rotatable bonds is 3. The van der Waals surface area contributed by atoms with Crippen LogP contribution in [0, 0.1) is 11.3 Å². The van der Waals surface area contributed by atoms with Gasteiger partial charge < -0.3 is 9.64 Å². The Labute approximate surface area is 111 Å². The van der Waals surface area contributed by atoms with Crippen LogP contribution in [-0.2, 0) is 11.3 Å². The third-order valence-corrected chi connectivity index (χ3v) is 2.97. The van der Waals surface area contributed by atoms with Gasteiger partial charge in [0.1, 0.15) is 5.75 Å². The molecule has 0 aromatic heterocycles. The molecule has 4 heteroatoms. The van der Waals surface area contributed by atoms with Crippen molar-refractivity contribution in [2.24, 2.45) is 0 Å². The van der Waals surface area contributed by atoms with Crippen molar-refractivity contribution in [3.05, 3.63) is 42.0 Å². The predicted octanol–water partition coefficient (Wildman–Crippen LogP) is 2.33. The summed E-state index contributed by atoms with van der Waals surface area (Å²) in [6.07, 6.45) is 0. The molecule has 2 aromatic rings. The summed E-state index contributed by atoms with van der Waals surface area (Å²) in [5.74, 6) is 0.284. The fraction of sp³-hybridized carbons (Fsp3) is 0.200. The monoisotopic (exact) mass is 254 g/mol. The largest absolute Gasteiger partial charge is 0.497 e. The Kier molecular flexibility index (Phi) is 3.67. The quantitative estimate of drug-likeness (QED) is 0.790. The van der Waals surface area contributed by atoms with Crippen molar-refractivity contribution in [1.29, 1.82) is 5.26 Å². The first kappa shape index (κ1) is 12.9. The first-order valence-electron chi connectivity index (χ1n) is 5.86. The minimum absolute atomic E-state index is 0.425. The summed E-state index contributed by atoms with van der Waals surface area (Å²) in [4.78, 5) is 12.6. The first-order valence-corrected chi connectivity index (χ1v) is 5.86. The summed E-state index contributed by atoms with van der Waals surface area (Å²) in [6, 6.07) is 13.4. The van der Waals surface area contributed by atoms with E-state index in [0.717, 1.165) is 22.1 Å². The van der Waals surface area contributed by atoms with E-state index in [1.54, 1.807) is 20.2 Å². The number of hydrogen-bond donors (Lipinski definition) is 0. The Hall–Kier alpha value is -2.54. The van der Waals surface area contributed by atoms with Gasteiger partial charge in [0.2, 0.25) is 0 Å². The van der Waals surface area contributed by atoms with E-state index in [4.69, 9.17) is 10.00 Å². The average molecular weight is 254 g/mol. The molecule has 0 radical (unpaired) electrons. The molecule has 0 fully saturated rings. The number of benzene rings is 2. The number of amides is 1. The number of nitriles is 1. The summed E-state index contributed by atoms with van der Waals surface area (Å²) in [6.45, 7) is 0.425. The molecule has 2 rings (SSSR count). The van der Waals surface area contributed by atoms with Crippen LogP contribution < -0.4 is 4.74 Å². The van der Waals surface area contributed by atoms with Gasteiger partial charge in [-0.25, -0.2) is 0 Å². The van der Waals surface area contributed by atoms with Gasteiger partial charge in [0, 0.05) is 13.6 Å². The highest BCUT2D eigenvalue weighted by atomic mass is 16.5. The van der Waals surface area contributed by atoms with Gasteiger partial charge in [-0.3, -0.25) is 4.79 Å². The summed E-state index contributed by atoms with van der Waals surface area (Å²) >= 11 is 0. The fourth-order valence-corrected chi connectivity index (χ4v) is 1.93. The zero-order valence-corrected chi connectivity index (χ0v) is 10.9. The van der Waals surface area contributed by atoms with Crippen LogP contribution in [0.1, 0.15) is 5.56 Å². The van der Waals surface area contributed by atoms with Gasteiger partial charge in [-0.15, -0.1) is 0 Å². The minimum atomic E-state index is -0.533. The number of hydrogen-bond acceptors (Lipinski definition) is 3. The highest BCUT2D eigenvalue weighted by molar-refractivity contribution is 5.91. The van der Waals surface area contributed by atoms with E-state index in [1.165, 1.54) is 4.90 Å². The van der Waals surface area contributed by atoms with Gasteiger partial charge in [-0.1, -0.05) is 18.2 Å². The predicted molar refractivity (Wildman–Crippen MR) is 72.6 cm³/mol. The molecule has 0 atom stereocenters. The fourth-order valence-electron chi connectivity index (χ4n) is 1.93. The van der Waals surface area contributed by atoms with Gasteiger partial charge in [-0.05, 0) is 34.5 Å². The lowest BCUT2D eigenvalue weighted by atomic mass is 10.1. The molecular formula is C15H14N2O2. The van der Waals surface area contributed by atoms with E-state index < -0.39 is 5.91 Å². The maximum atomic E-state index is 11.2. The zero-order chi connectivity index (χ0) is 13.8. The van der Waals surface area contributed by atoms with Crippen LogP contribution in [0.4, 0.5) is 0 Å². The van der Waals surface area contributed by atoms with E-state index >= 15 is 0 Å². The van der Waals surface area contributed by atoms with E-state index in [1.807, 2.05) is 36.4 Å². The van der Waals surface area contributed by atoms with Crippen LogP contribution in [0.25, 0.3) is 10.8 Å². The number of ether oxygens (including phenoxy) is 1. The molecule has 0 heterocycles. The standard InChI is InChI=1S/C15H14N2O2/c1-17(15(18)9-16)10-11-3-4-13-8-14(19-2)6-5-12(13)7-11/h3-8H,10H2,1-2H3. The highest BCUT2D eigenvalue weighted by Gasteiger charge is 2.08. The Morgan fingerprint density at radius 2 is 1.95 bits per heavy atom. The third kappa shape index (κ3) is 2.83. The molecule has 96 valence electrons. The molecule has 4 nitrogen and oxygen atoms in total. The first-order chi connectivity index (χ1) is 9.13. The van der Waals surface area contributed by atoms with Crippen LogP contribution in [0.5, 0.6) is 5.75 Å². The Morgan fingerprint density at radius 1 is 1.26 bits per heavy atom. The van der Waals surface area contributed by atoms with Crippen LogP contribution >= 0.6 is 0 Å². The van der Waals surface area contributed by atoms with Crippen molar-refractivity contribution in [2.75, 3.05) is 14.2 Å². The minimum Gasteiger partial charge on any atom is -0.497 e. The lowest BCUT2D eigenvalue weighted by molar-refractivity contribution is -0.124. The second-order valence-electron chi connectivity index (χ2n) is 4.32. The molecule has 0 unspecified atom stereocenters. The molecule has 0 saturated carbocycles. The number of fused-ring (bicyclic) bond motifs is 1. The Balaban J connectivity index is 2.27. The Bertz CT molecular complexity index is 659. The van der Waals surface area contributed by atoms with E-state index in [2.05, 4.69) is 0 Å². The molecule has 0 saturated heterocycles. The topological polar surface area (TPSA) is 53.3 Å². The molecule has 0 spiro atoms. The van der Waals surface area contributed by atoms with Crippen LogP contribution in [0.2, 0.25) is 0 Å². The molecule has 0 aliphatic rings. The Morgan fingerprint density at radius 3 is 2.63 bits per heavy atom. The van der Waals surface area contributed by atoms with Gasteiger partial charge in [0.15, 0.2) is 6.07 Å². The van der Waals surface area contributed by atoms with Gasteiger partial charge >= 0.3 is 5.91 Å². The smallest absolute Gasteiger partial charge is 0.325 e. The average Bonchev–Trinajstić information content (AvgIpc) is 2.45. The van der Waals surface area contributed by atoms with Crippen molar-refractivity contribution >= 4 is 16.7 Å². The molecule has 0 aliphatic heterocycles. The zero-order valence-electron chi connectivity index (χ0n) is 10.9. The van der Waals surface area contributed by atoms with Crippen molar-refractivity contribution in [3.8, 4) is 11.8 Å². The molecule has 19 heavy (non-hydrogen) atoms. The summed E-state index contributed by atoms with van der Waals surface area (Å²) in [7, 11) is 3.25. The van der Waals surface area contributed by atoms with Crippen molar-refractivity contribution < 1.29 is 9.53 Å². The highest BCUT2D eigenvalue weighted by Crippen LogP contribution is 2.22. The SMILES string of the molecule is COc1ccc2cc(CN(C)C(=O)C#N)ccc2c1. The van der Waals surface area contributed by atoms with E-state index in [-0.39, 0.29) is 0 Å². The molecular weight excluding hydrogens is 240 g/mol. The maximum absolute atomic E-state index is 11.2. The van der Waals surface area contributed by atoms with Crippen LogP contribution in [0.3, 0.4) is 0 Å². The van der Waals surface area contributed by atoms with Crippen molar-refractivity contribution in [3.63, 3.8) is 0 Å². The van der Waals surface area contributed by atoms with Crippen molar-refractivity contribution in [2.45, 2.75) is 6.54 Å². The second-order valence-corrected chi connectivity index (χ2v) is 4.32. The molecule has 0 aliphatic carbocycles. The maximum Gasteiger partial charge on any atom is 0.325 e. The van der Waals surface area contributed by atoms with Gasteiger partial charge in [0.05, 0.1) is 7.11 Å². The number of methoxy groups -OCH3 is 1. The van der Waals surface area contributed by atoms with Gasteiger partial charge in [0.25, 0.3) is 0 Å². The molecule has 2 aromatic carbocycles. The van der Waals surface area contributed by atoms with Crippen molar-refractivity contribution in [1.82, 2.24) is 4.90 Å². The molecule has 1 amide bonds. The second kappa shape index (κ2) is 5.40. The normalized spacial score (nSPS) is 9.95. The summed E-state index contributed by atoms with van der Waals surface area (Å²) < 4.78 is 5.17. The summed E-state index contributed by atoms with van der Waals surface area (Å²) in [5.41, 5.74) is 0.990. The molecule has 0 N–H and O–H groups in total. The number of carbonyl (C=O) groups is 1. The summed E-state index contributed by atoms with van der Waals surface area (Å²) in [5, 5.41) is 10.7. The molecule has 0 bridgehead atoms. The number of nitrogens with zero attached hydrogens (tertiary/aromatic N) is 2. The van der Waals surface area contributed by atoms with Gasteiger partial charge in [-0.2, -0.15) is 5.26 Å². The number of carbonyl (C=O) groups excluding carboxylic acids is 1. The van der Waals surface area contributed by atoms with E-state index in [9.17, 15) is 4.79 Å². The van der Waals surface area contributed by atoms with Crippen LogP contribution in [-0.4, -0.2) is 25.0 Å². The van der Waals surface area contributed by atoms with E-state index in [0.29, 0.717) is 6.54 Å². The van der Waals surface area contributed by atoms with Crippen LogP contribution in [0.15, 0.2) is 36.4 Å². The lowest BCUT2D eigenvalue weighted by Crippen LogP contribution is -2.24.